The third-order valence-electron chi connectivity index (χ3n) is 3.62. The largest absolute Gasteiger partial charge is 0.372 e. The minimum absolute atomic E-state index is 0.954. The third-order valence-corrected chi connectivity index (χ3v) is 3.62. The van der Waals surface area contributed by atoms with Crippen molar-refractivity contribution in [3.05, 3.63) is 29.3 Å². The van der Waals surface area contributed by atoms with Crippen LogP contribution in [0.5, 0.6) is 0 Å². The maximum absolute atomic E-state index is 3.23. The lowest BCUT2D eigenvalue weighted by molar-refractivity contribution is 0.677. The Morgan fingerprint density at radius 3 is 2.16 bits per heavy atom. The molecule has 0 spiro atoms. The quantitative estimate of drug-likeness (QED) is 0.720. The van der Waals surface area contributed by atoms with E-state index >= 15 is 0 Å². The molecular formula is C17H30N2. The van der Waals surface area contributed by atoms with Gasteiger partial charge in [0.1, 0.15) is 0 Å². The van der Waals surface area contributed by atoms with E-state index in [1.54, 1.807) is 0 Å². The molecule has 0 heterocycles. The molecule has 0 saturated heterocycles. The molecule has 0 amide bonds. The molecule has 2 heteroatoms. The second-order valence-corrected chi connectivity index (χ2v) is 5.34. The highest BCUT2D eigenvalue weighted by Crippen LogP contribution is 2.20. The van der Waals surface area contributed by atoms with Gasteiger partial charge in [-0.05, 0) is 50.1 Å². The van der Waals surface area contributed by atoms with Crippen LogP contribution in [0.4, 0.5) is 5.69 Å². The molecule has 19 heavy (non-hydrogen) atoms. The fourth-order valence-corrected chi connectivity index (χ4v) is 2.33. The van der Waals surface area contributed by atoms with Crippen LogP contribution >= 0.6 is 0 Å². The van der Waals surface area contributed by atoms with Gasteiger partial charge < -0.3 is 10.2 Å². The van der Waals surface area contributed by atoms with Crippen LogP contribution in [0, 0.1) is 6.92 Å². The zero-order chi connectivity index (χ0) is 14.1. The van der Waals surface area contributed by atoms with Crippen LogP contribution in [0.3, 0.4) is 0 Å². The number of rotatable bonds is 9. The van der Waals surface area contributed by atoms with E-state index in [-0.39, 0.29) is 0 Å². The molecule has 0 aliphatic heterocycles. The Bertz CT molecular complexity index is 352. The Balaban J connectivity index is 2.79. The second-order valence-electron chi connectivity index (χ2n) is 5.34. The van der Waals surface area contributed by atoms with Gasteiger partial charge in [0.05, 0.1) is 0 Å². The minimum Gasteiger partial charge on any atom is -0.372 e. The molecule has 1 aromatic carbocycles. The lowest BCUT2D eigenvalue weighted by Crippen LogP contribution is -2.25. The van der Waals surface area contributed by atoms with Gasteiger partial charge >= 0.3 is 0 Å². The number of nitrogens with zero attached hydrogens (tertiary/aromatic N) is 1. The van der Waals surface area contributed by atoms with E-state index in [9.17, 15) is 0 Å². The molecule has 1 N–H and O–H groups in total. The standard InChI is InChI=1S/C17H30N2/c1-5-7-11-19(12-8-6-2)17-10-9-16(14-18-4)15(3)13-17/h9-10,13,18H,5-8,11-12,14H2,1-4H3. The average molecular weight is 262 g/mol. The maximum atomic E-state index is 3.23. The highest BCUT2D eigenvalue weighted by Gasteiger charge is 2.07. The van der Waals surface area contributed by atoms with Crippen LogP contribution in [-0.4, -0.2) is 20.1 Å². The second kappa shape index (κ2) is 8.98. The van der Waals surface area contributed by atoms with Crippen LogP contribution in [0.1, 0.15) is 50.7 Å². The molecule has 0 fully saturated rings. The lowest BCUT2D eigenvalue weighted by atomic mass is 10.1. The molecule has 1 rings (SSSR count). The Morgan fingerprint density at radius 1 is 1.05 bits per heavy atom. The normalized spacial score (nSPS) is 10.7. The van der Waals surface area contributed by atoms with Crippen LogP contribution in [0.25, 0.3) is 0 Å². The summed E-state index contributed by atoms with van der Waals surface area (Å²) in [6.45, 7) is 10.1. The zero-order valence-electron chi connectivity index (χ0n) is 13.1. The first-order valence-corrected chi connectivity index (χ1v) is 7.72. The summed E-state index contributed by atoms with van der Waals surface area (Å²) in [5.41, 5.74) is 4.18. The lowest BCUT2D eigenvalue weighted by Gasteiger charge is -2.25. The number of anilines is 1. The molecule has 0 aliphatic rings. The van der Waals surface area contributed by atoms with Crippen molar-refractivity contribution in [2.24, 2.45) is 0 Å². The van der Waals surface area contributed by atoms with E-state index in [2.05, 4.69) is 49.2 Å². The van der Waals surface area contributed by atoms with Crippen molar-refractivity contribution < 1.29 is 0 Å². The summed E-state index contributed by atoms with van der Waals surface area (Å²) in [6, 6.07) is 6.90. The smallest absolute Gasteiger partial charge is 0.0369 e. The van der Waals surface area contributed by atoms with Crippen molar-refractivity contribution in [1.29, 1.82) is 0 Å². The molecule has 0 bridgehead atoms. The van der Waals surface area contributed by atoms with Gasteiger partial charge in [0, 0.05) is 25.3 Å². The summed E-state index contributed by atoms with van der Waals surface area (Å²) >= 11 is 0. The summed E-state index contributed by atoms with van der Waals surface area (Å²) in [5.74, 6) is 0. The topological polar surface area (TPSA) is 15.3 Å². The van der Waals surface area contributed by atoms with Crippen LogP contribution in [0.15, 0.2) is 18.2 Å². The monoisotopic (exact) mass is 262 g/mol. The summed E-state index contributed by atoms with van der Waals surface area (Å²) < 4.78 is 0. The van der Waals surface area contributed by atoms with E-state index in [1.807, 2.05) is 7.05 Å². The summed E-state index contributed by atoms with van der Waals surface area (Å²) in [4.78, 5) is 2.54. The summed E-state index contributed by atoms with van der Waals surface area (Å²) in [6.07, 6.45) is 5.08. The molecule has 0 unspecified atom stereocenters. The Hall–Kier alpha value is -1.02. The van der Waals surface area contributed by atoms with E-state index in [1.165, 1.54) is 55.6 Å². The van der Waals surface area contributed by atoms with E-state index < -0.39 is 0 Å². The van der Waals surface area contributed by atoms with E-state index in [0.29, 0.717) is 0 Å². The molecule has 108 valence electrons. The predicted molar refractivity (Wildman–Crippen MR) is 86.0 cm³/mol. The van der Waals surface area contributed by atoms with Gasteiger partial charge in [-0.2, -0.15) is 0 Å². The highest BCUT2D eigenvalue weighted by atomic mass is 15.1. The summed E-state index contributed by atoms with van der Waals surface area (Å²) in [7, 11) is 2.00. The molecule has 1 aromatic rings. The van der Waals surface area contributed by atoms with Gasteiger partial charge in [-0.1, -0.05) is 32.8 Å². The van der Waals surface area contributed by atoms with Gasteiger partial charge in [0.25, 0.3) is 0 Å². The first kappa shape index (κ1) is 16.0. The van der Waals surface area contributed by atoms with Crippen molar-refractivity contribution in [2.75, 3.05) is 25.0 Å². The Kier molecular flexibility index (Phi) is 7.57. The predicted octanol–water partition coefficient (Wildman–Crippen LogP) is 4.12. The van der Waals surface area contributed by atoms with Crippen molar-refractivity contribution in [1.82, 2.24) is 5.32 Å². The Labute approximate surface area is 119 Å². The average Bonchev–Trinajstić information content (AvgIpc) is 2.41. The zero-order valence-corrected chi connectivity index (χ0v) is 13.1. The number of unbranched alkanes of at least 4 members (excludes halogenated alkanes) is 2. The van der Waals surface area contributed by atoms with Gasteiger partial charge in [-0.3, -0.25) is 0 Å². The maximum Gasteiger partial charge on any atom is 0.0369 e. The van der Waals surface area contributed by atoms with Gasteiger partial charge in [-0.25, -0.2) is 0 Å². The molecule has 0 radical (unpaired) electrons. The SMILES string of the molecule is CCCCN(CCCC)c1ccc(CNC)c(C)c1. The van der Waals surface area contributed by atoms with E-state index in [0.717, 1.165) is 6.54 Å². The Morgan fingerprint density at radius 2 is 1.68 bits per heavy atom. The molecule has 2 nitrogen and oxygen atoms in total. The van der Waals surface area contributed by atoms with Crippen molar-refractivity contribution in [3.8, 4) is 0 Å². The first-order chi connectivity index (χ1) is 9.22. The van der Waals surface area contributed by atoms with Crippen molar-refractivity contribution in [3.63, 3.8) is 0 Å². The number of nitrogens with one attached hydrogen (secondary N) is 1. The van der Waals surface area contributed by atoms with Crippen molar-refractivity contribution in [2.45, 2.75) is 53.0 Å². The minimum atomic E-state index is 0.954. The number of aryl methyl sites for hydroxylation is 1. The number of hydrogen-bond acceptors (Lipinski definition) is 2. The van der Waals surface area contributed by atoms with Gasteiger partial charge in [0.2, 0.25) is 0 Å². The number of benzene rings is 1. The fraction of sp³-hybridized carbons (Fsp3) is 0.647. The first-order valence-electron chi connectivity index (χ1n) is 7.72. The number of hydrogen-bond donors (Lipinski definition) is 1. The van der Waals surface area contributed by atoms with Gasteiger partial charge in [-0.15, -0.1) is 0 Å². The van der Waals surface area contributed by atoms with Crippen molar-refractivity contribution >= 4 is 5.69 Å². The van der Waals surface area contributed by atoms with Gasteiger partial charge in [0.15, 0.2) is 0 Å². The highest BCUT2D eigenvalue weighted by molar-refractivity contribution is 5.50. The summed E-state index contributed by atoms with van der Waals surface area (Å²) in [5, 5.41) is 3.23. The molecular weight excluding hydrogens is 232 g/mol. The molecule has 0 atom stereocenters. The molecule has 0 aromatic heterocycles. The van der Waals surface area contributed by atoms with Crippen LogP contribution in [0.2, 0.25) is 0 Å². The third kappa shape index (κ3) is 5.23. The fourth-order valence-electron chi connectivity index (χ4n) is 2.33. The van der Waals surface area contributed by atoms with E-state index in [4.69, 9.17) is 0 Å². The van der Waals surface area contributed by atoms with Crippen LogP contribution in [-0.2, 0) is 6.54 Å². The molecule has 0 saturated carbocycles. The molecule has 0 aliphatic carbocycles. The van der Waals surface area contributed by atoms with Crippen LogP contribution < -0.4 is 10.2 Å².